The van der Waals surface area contributed by atoms with Crippen molar-refractivity contribution in [2.75, 3.05) is 18.1 Å². The monoisotopic (exact) mass is 258 g/mol. The molecule has 1 aromatic rings. The first kappa shape index (κ1) is 13.6. The minimum atomic E-state index is -0.858. The van der Waals surface area contributed by atoms with Crippen LogP contribution in [0.15, 0.2) is 4.42 Å². The van der Waals surface area contributed by atoms with Crippen molar-refractivity contribution in [1.29, 1.82) is 0 Å². The van der Waals surface area contributed by atoms with Crippen LogP contribution in [0.5, 0.6) is 0 Å². The van der Waals surface area contributed by atoms with Crippen LogP contribution in [0.4, 0.5) is 0 Å². The number of aromatic nitrogens is 1. The van der Waals surface area contributed by atoms with Gasteiger partial charge >= 0.3 is 5.97 Å². The molecule has 17 heavy (non-hydrogen) atoms. The Hall–Kier alpha value is -1.50. The van der Waals surface area contributed by atoms with Crippen LogP contribution in [0.1, 0.15) is 22.1 Å². The second kappa shape index (κ2) is 6.29. The van der Waals surface area contributed by atoms with Crippen LogP contribution in [0, 0.1) is 13.8 Å². The Kier molecular flexibility index (Phi) is 5.02. The van der Waals surface area contributed by atoms with Crippen LogP contribution < -0.4 is 5.32 Å². The largest absolute Gasteiger partial charge is 0.481 e. The van der Waals surface area contributed by atoms with Gasteiger partial charge in [-0.15, -0.1) is 11.8 Å². The van der Waals surface area contributed by atoms with Gasteiger partial charge in [0.15, 0.2) is 5.89 Å². The highest BCUT2D eigenvalue weighted by molar-refractivity contribution is 7.99. The molecule has 0 fully saturated rings. The number of carbonyl (C=O) groups excluding carboxylic acids is 1. The van der Waals surface area contributed by atoms with Crippen molar-refractivity contribution < 1.29 is 19.1 Å². The molecule has 6 nitrogen and oxygen atoms in total. The van der Waals surface area contributed by atoms with Crippen molar-refractivity contribution in [2.45, 2.75) is 13.8 Å². The summed E-state index contributed by atoms with van der Waals surface area (Å²) in [6.07, 6.45) is 0. The van der Waals surface area contributed by atoms with Gasteiger partial charge in [0.05, 0.1) is 11.4 Å². The zero-order valence-corrected chi connectivity index (χ0v) is 10.5. The molecule has 0 saturated carbocycles. The first-order valence-corrected chi connectivity index (χ1v) is 6.18. The summed E-state index contributed by atoms with van der Waals surface area (Å²) >= 11 is 1.25. The fourth-order valence-corrected chi connectivity index (χ4v) is 1.78. The molecule has 0 bridgehead atoms. The molecule has 1 heterocycles. The first-order valence-electron chi connectivity index (χ1n) is 5.02. The molecule has 1 amide bonds. The summed E-state index contributed by atoms with van der Waals surface area (Å²) in [7, 11) is 0. The maximum absolute atomic E-state index is 11.6. The zero-order chi connectivity index (χ0) is 12.8. The maximum atomic E-state index is 11.6. The van der Waals surface area contributed by atoms with Gasteiger partial charge in [-0.05, 0) is 6.92 Å². The normalized spacial score (nSPS) is 10.2. The molecule has 0 aliphatic heterocycles. The summed E-state index contributed by atoms with van der Waals surface area (Å²) in [5, 5.41) is 11.0. The number of nitrogens with zero attached hydrogens (tertiary/aromatic N) is 1. The van der Waals surface area contributed by atoms with Crippen molar-refractivity contribution in [1.82, 2.24) is 10.3 Å². The van der Waals surface area contributed by atoms with E-state index in [4.69, 9.17) is 9.52 Å². The number of carbonyl (C=O) groups is 2. The van der Waals surface area contributed by atoms with E-state index in [0.717, 1.165) is 0 Å². The van der Waals surface area contributed by atoms with Crippen LogP contribution >= 0.6 is 11.8 Å². The quantitative estimate of drug-likeness (QED) is 0.734. The third-order valence-electron chi connectivity index (χ3n) is 1.87. The molecule has 1 rings (SSSR count). The predicted octanol–water partition coefficient (Wildman–Crippen LogP) is 0.839. The van der Waals surface area contributed by atoms with Crippen LogP contribution in [-0.2, 0) is 4.79 Å². The summed E-state index contributed by atoms with van der Waals surface area (Å²) in [5.74, 6) is 0.0706. The van der Waals surface area contributed by atoms with E-state index in [1.54, 1.807) is 13.8 Å². The summed E-state index contributed by atoms with van der Waals surface area (Å²) in [4.78, 5) is 25.8. The fourth-order valence-electron chi connectivity index (χ4n) is 1.22. The van der Waals surface area contributed by atoms with Crippen molar-refractivity contribution >= 4 is 23.6 Å². The molecule has 0 radical (unpaired) electrons. The number of nitrogens with one attached hydrogen (secondary N) is 1. The number of carboxylic acid groups (broad SMARTS) is 1. The van der Waals surface area contributed by atoms with Crippen LogP contribution in [0.3, 0.4) is 0 Å². The van der Waals surface area contributed by atoms with Crippen LogP contribution in [0.25, 0.3) is 0 Å². The Bertz CT molecular complexity index is 416. The summed E-state index contributed by atoms with van der Waals surface area (Å²) in [6.45, 7) is 3.77. The molecule has 1 aromatic heterocycles. The maximum Gasteiger partial charge on any atom is 0.313 e. The molecular formula is C10H14N2O4S. The third-order valence-corrected chi connectivity index (χ3v) is 2.81. The van der Waals surface area contributed by atoms with Crippen molar-refractivity contribution in [2.24, 2.45) is 0 Å². The Balaban J connectivity index is 2.30. The molecule has 0 unspecified atom stereocenters. The standard InChI is InChI=1S/C10H14N2O4S/c1-6-9(16-7(2)12-6)10(15)11-3-4-17-5-8(13)14/h3-5H2,1-2H3,(H,11,15)(H,13,14). The number of aliphatic carboxylic acids is 1. The van der Waals surface area contributed by atoms with E-state index in [1.165, 1.54) is 11.8 Å². The van der Waals surface area contributed by atoms with Crippen molar-refractivity contribution in [3.8, 4) is 0 Å². The lowest BCUT2D eigenvalue weighted by molar-refractivity contribution is -0.133. The molecule has 94 valence electrons. The van der Waals surface area contributed by atoms with Gasteiger partial charge in [0.2, 0.25) is 5.76 Å². The van der Waals surface area contributed by atoms with Gasteiger partial charge in [-0.2, -0.15) is 0 Å². The van der Waals surface area contributed by atoms with E-state index in [-0.39, 0.29) is 17.4 Å². The Morgan fingerprint density at radius 3 is 2.71 bits per heavy atom. The molecular weight excluding hydrogens is 244 g/mol. The molecule has 2 N–H and O–H groups in total. The number of amides is 1. The lowest BCUT2D eigenvalue weighted by atomic mass is 10.3. The van der Waals surface area contributed by atoms with Crippen LogP contribution in [0.2, 0.25) is 0 Å². The number of carboxylic acids is 1. The Morgan fingerprint density at radius 2 is 2.18 bits per heavy atom. The van der Waals surface area contributed by atoms with E-state index >= 15 is 0 Å². The summed E-state index contributed by atoms with van der Waals surface area (Å²) in [6, 6.07) is 0. The van der Waals surface area contributed by atoms with E-state index in [9.17, 15) is 9.59 Å². The van der Waals surface area contributed by atoms with Gasteiger partial charge in [-0.1, -0.05) is 0 Å². The lowest BCUT2D eigenvalue weighted by Gasteiger charge is -2.02. The Labute approximate surface area is 103 Å². The van der Waals surface area contributed by atoms with Crippen LogP contribution in [-0.4, -0.2) is 40.0 Å². The molecule has 0 aliphatic rings. The Morgan fingerprint density at radius 1 is 1.47 bits per heavy atom. The average molecular weight is 258 g/mol. The number of rotatable bonds is 6. The predicted molar refractivity (Wildman–Crippen MR) is 63.3 cm³/mol. The molecule has 0 aliphatic carbocycles. The highest BCUT2D eigenvalue weighted by atomic mass is 32.2. The average Bonchev–Trinajstić information content (AvgIpc) is 2.56. The van der Waals surface area contributed by atoms with Gasteiger partial charge in [0, 0.05) is 19.2 Å². The number of hydrogen-bond donors (Lipinski definition) is 2. The van der Waals surface area contributed by atoms with E-state index < -0.39 is 5.97 Å². The molecule has 0 saturated heterocycles. The van der Waals surface area contributed by atoms with Gasteiger partial charge in [-0.3, -0.25) is 9.59 Å². The smallest absolute Gasteiger partial charge is 0.313 e. The van der Waals surface area contributed by atoms with Gasteiger partial charge in [-0.25, -0.2) is 4.98 Å². The highest BCUT2D eigenvalue weighted by Crippen LogP contribution is 2.08. The van der Waals surface area contributed by atoms with E-state index in [0.29, 0.717) is 23.9 Å². The topological polar surface area (TPSA) is 92.4 Å². The minimum Gasteiger partial charge on any atom is -0.481 e. The van der Waals surface area contributed by atoms with E-state index in [2.05, 4.69) is 10.3 Å². The fraction of sp³-hybridized carbons (Fsp3) is 0.500. The highest BCUT2D eigenvalue weighted by Gasteiger charge is 2.14. The van der Waals surface area contributed by atoms with Gasteiger partial charge in [0.1, 0.15) is 0 Å². The lowest BCUT2D eigenvalue weighted by Crippen LogP contribution is -2.26. The molecule has 0 spiro atoms. The van der Waals surface area contributed by atoms with Gasteiger partial charge < -0.3 is 14.8 Å². The number of oxazole rings is 1. The molecule has 7 heteroatoms. The minimum absolute atomic E-state index is 0.0380. The van der Waals surface area contributed by atoms with E-state index in [1.807, 2.05) is 0 Å². The number of hydrogen-bond acceptors (Lipinski definition) is 5. The van der Waals surface area contributed by atoms with Gasteiger partial charge in [0.25, 0.3) is 5.91 Å². The first-order chi connectivity index (χ1) is 8.00. The second-order valence-electron chi connectivity index (χ2n) is 3.35. The number of aryl methyl sites for hydroxylation is 2. The third kappa shape index (κ3) is 4.48. The zero-order valence-electron chi connectivity index (χ0n) is 9.65. The molecule has 0 aromatic carbocycles. The summed E-state index contributed by atoms with van der Waals surface area (Å²) in [5.41, 5.74) is 0.554. The molecule has 0 atom stereocenters. The second-order valence-corrected chi connectivity index (χ2v) is 4.45. The SMILES string of the molecule is Cc1nc(C)c(C(=O)NCCSCC(=O)O)o1. The van der Waals surface area contributed by atoms with Crippen molar-refractivity contribution in [3.63, 3.8) is 0 Å². The number of thioether (sulfide) groups is 1. The van der Waals surface area contributed by atoms with Crippen molar-refractivity contribution in [3.05, 3.63) is 17.3 Å². The summed E-state index contributed by atoms with van der Waals surface area (Å²) < 4.78 is 5.15.